The van der Waals surface area contributed by atoms with E-state index in [1.165, 1.54) is 55.6 Å². The Morgan fingerprint density at radius 3 is 2.33 bits per heavy atom. The molecule has 0 saturated carbocycles. The number of aromatic nitrogens is 1. The Bertz CT molecular complexity index is 1640. The fourth-order valence-electron chi connectivity index (χ4n) is 4.27. The molecule has 0 spiro atoms. The summed E-state index contributed by atoms with van der Waals surface area (Å²) in [7, 11) is -2.60. The van der Waals surface area contributed by atoms with Crippen LogP contribution < -0.4 is 10.3 Å². The van der Waals surface area contributed by atoms with Gasteiger partial charge in [0.05, 0.1) is 29.3 Å². The van der Waals surface area contributed by atoms with Gasteiger partial charge in [0.1, 0.15) is 5.69 Å². The summed E-state index contributed by atoms with van der Waals surface area (Å²) in [6, 6.07) is 10.7. The number of azo groups is 1. The number of rotatable bonds is 14. The molecule has 1 atom stereocenters. The first kappa shape index (κ1) is 32.0. The van der Waals surface area contributed by atoms with Crippen molar-refractivity contribution < 1.29 is 28.2 Å². The number of benzene rings is 2. The molecule has 3 aromatic rings. The summed E-state index contributed by atoms with van der Waals surface area (Å²) in [5.74, 6) is -1.43. The van der Waals surface area contributed by atoms with E-state index in [-0.39, 0.29) is 57.8 Å². The van der Waals surface area contributed by atoms with Crippen LogP contribution in [0.4, 0.5) is 22.7 Å². The number of pyridine rings is 1. The van der Waals surface area contributed by atoms with E-state index in [0.29, 0.717) is 0 Å². The second kappa shape index (κ2) is 14.4. The molecule has 42 heavy (non-hydrogen) atoms. The number of hydrogen-bond donors (Lipinski definition) is 3. The van der Waals surface area contributed by atoms with Gasteiger partial charge in [-0.1, -0.05) is 33.1 Å². The topological polar surface area (TPSA) is 164 Å². The zero-order valence-corrected chi connectivity index (χ0v) is 24.4. The van der Waals surface area contributed by atoms with Crippen LogP contribution >= 0.6 is 0 Å². The molecule has 0 aliphatic carbocycles. The third-order valence-corrected chi connectivity index (χ3v) is 8.07. The van der Waals surface area contributed by atoms with Crippen LogP contribution in [0.2, 0.25) is 0 Å². The average Bonchev–Trinajstić information content (AvgIpc) is 2.97. The molecule has 0 aliphatic heterocycles. The van der Waals surface area contributed by atoms with Crippen molar-refractivity contribution in [3.8, 4) is 5.88 Å². The number of carbonyl (C=O) groups is 1. The quantitative estimate of drug-likeness (QED) is 0.144. The lowest BCUT2D eigenvalue weighted by molar-refractivity contribution is 0.0697. The van der Waals surface area contributed by atoms with E-state index in [4.69, 9.17) is 16.4 Å². The van der Waals surface area contributed by atoms with Gasteiger partial charge in [0, 0.05) is 24.9 Å². The maximum absolute atomic E-state index is 13.1. The van der Waals surface area contributed by atoms with E-state index < -0.39 is 27.4 Å². The van der Waals surface area contributed by atoms with Crippen LogP contribution in [0, 0.1) is 12.5 Å². The largest absolute Gasteiger partial charge is 0.493 e. The smallest absolute Gasteiger partial charge is 0.335 e. The van der Waals surface area contributed by atoms with Crippen LogP contribution in [0.3, 0.4) is 0 Å². The minimum atomic E-state index is -3.99. The molecule has 0 radical (unpaired) electrons. The molecular formula is C29H33N5O7S. The minimum Gasteiger partial charge on any atom is -0.493 e. The molecule has 1 heterocycles. The molecule has 3 rings (SSSR count). The van der Waals surface area contributed by atoms with Crippen LogP contribution in [0.5, 0.6) is 5.88 Å². The van der Waals surface area contributed by atoms with Crippen LogP contribution in [-0.4, -0.2) is 36.3 Å². The molecule has 0 fully saturated rings. The van der Waals surface area contributed by atoms with E-state index in [0.717, 1.165) is 30.3 Å². The number of methoxy groups -OCH3 is 1. The number of nitrogens with zero attached hydrogens (tertiary/aromatic N) is 4. The maximum Gasteiger partial charge on any atom is 0.335 e. The monoisotopic (exact) mass is 595 g/mol. The number of carboxylic acid groups (broad SMARTS) is 1. The molecule has 222 valence electrons. The molecule has 0 bridgehead atoms. The van der Waals surface area contributed by atoms with Crippen molar-refractivity contribution in [1.29, 1.82) is 0 Å². The number of ether oxygens (including phenoxy) is 1. The van der Waals surface area contributed by atoms with Crippen LogP contribution in [0.25, 0.3) is 4.85 Å². The summed E-state index contributed by atoms with van der Waals surface area (Å²) >= 11 is 0. The first-order valence-corrected chi connectivity index (χ1v) is 14.8. The fourth-order valence-corrected chi connectivity index (χ4v) is 5.33. The van der Waals surface area contributed by atoms with Crippen molar-refractivity contribution >= 4 is 38.7 Å². The first-order valence-electron chi connectivity index (χ1n) is 13.3. The lowest BCUT2D eigenvalue weighted by Gasteiger charge is -2.20. The molecule has 0 saturated heterocycles. The number of anilines is 1. The summed E-state index contributed by atoms with van der Waals surface area (Å²) in [4.78, 5) is 27.5. The number of sulfonamides is 1. The van der Waals surface area contributed by atoms with E-state index in [9.17, 15) is 23.1 Å². The van der Waals surface area contributed by atoms with E-state index in [1.54, 1.807) is 0 Å². The Morgan fingerprint density at radius 2 is 1.79 bits per heavy atom. The van der Waals surface area contributed by atoms with Crippen molar-refractivity contribution in [3.63, 3.8) is 0 Å². The lowest BCUT2D eigenvalue weighted by Crippen LogP contribution is -2.25. The third kappa shape index (κ3) is 7.59. The second-order valence-corrected chi connectivity index (χ2v) is 11.2. The fraction of sp³-hybridized carbons (Fsp3) is 0.345. The highest BCUT2D eigenvalue weighted by atomic mass is 32.2. The standard InChI is InChI=1S/C29H33N5O7S/c1-5-7-8-19(6-2)17-34-27(35)25(30-3)24(18-41-4)26(28(34)36)32-31-21-13-15-23(16-14-21)42(39,40)33-22-11-9-20(10-12-22)29(37)38/h9-16,19,33,36H,5-8,17-18H2,1-2,4H3,(H,37,38)/b32-31+. The molecule has 3 N–H and O–H groups in total. The highest BCUT2D eigenvalue weighted by Crippen LogP contribution is 2.37. The minimum absolute atomic E-state index is 0.0213. The molecule has 0 amide bonds. The number of aromatic carboxylic acids is 1. The molecule has 12 nitrogen and oxygen atoms in total. The summed E-state index contributed by atoms with van der Waals surface area (Å²) in [5, 5.41) is 28.4. The van der Waals surface area contributed by atoms with Gasteiger partial charge in [0.15, 0.2) is 0 Å². The van der Waals surface area contributed by atoms with Crippen LogP contribution in [0.1, 0.15) is 55.5 Å². The van der Waals surface area contributed by atoms with Gasteiger partial charge >= 0.3 is 5.97 Å². The van der Waals surface area contributed by atoms with Gasteiger partial charge in [-0.2, -0.15) is 5.11 Å². The summed E-state index contributed by atoms with van der Waals surface area (Å²) in [5.41, 5.74) is -0.339. The Kier molecular flexibility index (Phi) is 11.0. The number of aromatic hydroxyl groups is 1. The van der Waals surface area contributed by atoms with Crippen molar-refractivity contribution in [3.05, 3.63) is 81.4 Å². The Labute approximate surface area is 244 Å². The molecule has 1 aromatic heterocycles. The molecule has 2 aromatic carbocycles. The zero-order valence-electron chi connectivity index (χ0n) is 23.6. The number of nitrogens with one attached hydrogen (secondary N) is 1. The van der Waals surface area contributed by atoms with Gasteiger partial charge in [-0.15, -0.1) is 5.11 Å². The normalized spacial score (nSPS) is 12.2. The van der Waals surface area contributed by atoms with E-state index in [2.05, 4.69) is 26.7 Å². The van der Waals surface area contributed by atoms with Gasteiger partial charge < -0.3 is 14.9 Å². The highest BCUT2D eigenvalue weighted by Gasteiger charge is 2.24. The van der Waals surface area contributed by atoms with Crippen molar-refractivity contribution in [2.45, 2.75) is 57.6 Å². The Balaban J connectivity index is 1.93. The van der Waals surface area contributed by atoms with E-state index in [1.807, 2.05) is 6.92 Å². The van der Waals surface area contributed by atoms with Gasteiger partial charge in [0.2, 0.25) is 5.88 Å². The summed E-state index contributed by atoms with van der Waals surface area (Å²) in [6.07, 6.45) is 3.61. The van der Waals surface area contributed by atoms with Crippen molar-refractivity contribution in [2.75, 3.05) is 11.8 Å². The number of carboxylic acids is 1. The summed E-state index contributed by atoms with van der Waals surface area (Å²) < 4.78 is 34.3. The van der Waals surface area contributed by atoms with Gasteiger partial charge in [0.25, 0.3) is 21.3 Å². The Hall–Kier alpha value is -4.54. The van der Waals surface area contributed by atoms with E-state index >= 15 is 0 Å². The van der Waals surface area contributed by atoms with Crippen molar-refractivity contribution in [1.82, 2.24) is 4.57 Å². The van der Waals surface area contributed by atoms with Gasteiger partial charge in [-0.05, 0) is 60.9 Å². The number of hydrogen-bond acceptors (Lipinski definition) is 8. The van der Waals surface area contributed by atoms with Crippen LogP contribution in [-0.2, 0) is 27.9 Å². The predicted octanol–water partition coefficient (Wildman–Crippen LogP) is 6.38. The predicted molar refractivity (Wildman–Crippen MR) is 157 cm³/mol. The van der Waals surface area contributed by atoms with Gasteiger partial charge in [-0.3, -0.25) is 14.1 Å². The maximum atomic E-state index is 13.1. The number of unbranched alkanes of at least 4 members (excludes halogenated alkanes) is 1. The second-order valence-electron chi connectivity index (χ2n) is 9.56. The lowest BCUT2D eigenvalue weighted by atomic mass is 9.99. The van der Waals surface area contributed by atoms with Crippen LogP contribution in [0.15, 0.2) is 68.4 Å². The van der Waals surface area contributed by atoms with Crippen molar-refractivity contribution in [2.24, 2.45) is 16.1 Å². The highest BCUT2D eigenvalue weighted by molar-refractivity contribution is 7.92. The Morgan fingerprint density at radius 1 is 1.12 bits per heavy atom. The average molecular weight is 596 g/mol. The molecule has 1 unspecified atom stereocenters. The summed E-state index contributed by atoms with van der Waals surface area (Å²) in [6.45, 7) is 11.8. The zero-order chi connectivity index (χ0) is 30.9. The molecular weight excluding hydrogens is 562 g/mol. The third-order valence-electron chi connectivity index (χ3n) is 6.67. The van der Waals surface area contributed by atoms with Gasteiger partial charge in [-0.25, -0.2) is 18.1 Å². The molecule has 0 aliphatic rings. The first-order chi connectivity index (χ1) is 20.1. The SMILES string of the molecule is [C-]#[N+]c1c(COC)c(/N=N/c2ccc(S(=O)(=O)Nc3ccc(C(=O)O)cc3)cc2)c(O)n(CC(CC)CCCC)c1=O. The molecule has 13 heteroatoms.